The van der Waals surface area contributed by atoms with Crippen LogP contribution >= 0.6 is 0 Å². The van der Waals surface area contributed by atoms with Crippen molar-refractivity contribution in [1.29, 1.82) is 0 Å². The molecular weight excluding hydrogens is 384 g/mol. The number of ether oxygens (including phenoxy) is 2. The van der Waals surface area contributed by atoms with Gasteiger partial charge in [0.15, 0.2) is 6.61 Å². The Kier molecular flexibility index (Phi) is 7.03. The highest BCUT2D eigenvalue weighted by atomic mass is 32.2. The highest BCUT2D eigenvalue weighted by molar-refractivity contribution is 7.89. The topological polar surface area (TPSA) is 102 Å². The molecule has 0 atom stereocenters. The van der Waals surface area contributed by atoms with Gasteiger partial charge >= 0.3 is 5.97 Å². The number of rotatable bonds is 7. The minimum Gasteiger partial charge on any atom is -0.456 e. The Hall–Kier alpha value is -1.97. The van der Waals surface area contributed by atoms with Crippen LogP contribution in [0.5, 0.6) is 0 Å². The molecule has 0 unspecified atom stereocenters. The smallest absolute Gasteiger partial charge is 0.306 e. The minimum absolute atomic E-state index is 0.162. The van der Waals surface area contributed by atoms with Crippen molar-refractivity contribution in [3.63, 3.8) is 0 Å². The maximum atomic E-state index is 12.6. The first-order valence-electron chi connectivity index (χ1n) is 9.58. The predicted octanol–water partition coefficient (Wildman–Crippen LogP) is 1.77. The van der Waals surface area contributed by atoms with Gasteiger partial charge in [-0.15, -0.1) is 0 Å². The van der Waals surface area contributed by atoms with Crippen LogP contribution in [-0.2, 0) is 29.1 Å². The van der Waals surface area contributed by atoms with E-state index in [4.69, 9.17) is 9.47 Å². The normalized spacial score (nSPS) is 18.7. The van der Waals surface area contributed by atoms with Gasteiger partial charge < -0.3 is 14.8 Å². The van der Waals surface area contributed by atoms with Gasteiger partial charge in [0, 0.05) is 25.2 Å². The third-order valence-electron chi connectivity index (χ3n) is 5.04. The molecule has 2 fully saturated rings. The van der Waals surface area contributed by atoms with Crippen LogP contribution in [0, 0.1) is 5.92 Å². The van der Waals surface area contributed by atoms with E-state index in [-0.39, 0.29) is 17.5 Å². The van der Waals surface area contributed by atoms with Crippen molar-refractivity contribution in [1.82, 2.24) is 4.31 Å². The van der Waals surface area contributed by atoms with Crippen molar-refractivity contribution in [2.75, 3.05) is 38.2 Å². The second-order valence-corrected chi connectivity index (χ2v) is 9.04. The number of carbonyl (C=O) groups is 2. The summed E-state index contributed by atoms with van der Waals surface area (Å²) in [7, 11) is -3.57. The van der Waals surface area contributed by atoms with Crippen LogP contribution in [0.3, 0.4) is 0 Å². The van der Waals surface area contributed by atoms with E-state index < -0.39 is 15.9 Å². The first-order chi connectivity index (χ1) is 13.4. The summed E-state index contributed by atoms with van der Waals surface area (Å²) < 4.78 is 36.7. The summed E-state index contributed by atoms with van der Waals surface area (Å²) in [5, 5.41) is 2.60. The summed E-state index contributed by atoms with van der Waals surface area (Å²) in [4.78, 5) is 23.9. The number of hydrogen-bond acceptors (Lipinski definition) is 6. The number of nitrogens with one attached hydrogen (secondary N) is 1. The third-order valence-corrected chi connectivity index (χ3v) is 6.95. The Morgan fingerprint density at radius 1 is 1.11 bits per heavy atom. The molecule has 1 aliphatic carbocycles. The Morgan fingerprint density at radius 3 is 2.39 bits per heavy atom. The molecule has 0 radical (unpaired) electrons. The molecule has 2 aliphatic rings. The van der Waals surface area contributed by atoms with E-state index in [1.165, 1.54) is 28.6 Å². The fourth-order valence-electron chi connectivity index (χ4n) is 3.50. The maximum Gasteiger partial charge on any atom is 0.306 e. The number of sulfonamides is 1. The summed E-state index contributed by atoms with van der Waals surface area (Å²) in [6.07, 6.45) is 4.74. The van der Waals surface area contributed by atoms with E-state index in [2.05, 4.69) is 5.32 Å². The van der Waals surface area contributed by atoms with Gasteiger partial charge in [-0.3, -0.25) is 9.59 Å². The average Bonchev–Trinajstić information content (AvgIpc) is 3.20. The average molecular weight is 410 g/mol. The molecule has 1 amide bonds. The van der Waals surface area contributed by atoms with Crippen molar-refractivity contribution in [2.45, 2.75) is 37.0 Å². The Balaban J connectivity index is 1.48. The van der Waals surface area contributed by atoms with Crippen LogP contribution in [0.4, 0.5) is 5.69 Å². The molecule has 0 bridgehead atoms. The van der Waals surface area contributed by atoms with E-state index in [9.17, 15) is 18.0 Å². The van der Waals surface area contributed by atoms with Gasteiger partial charge in [0.25, 0.3) is 5.91 Å². The van der Waals surface area contributed by atoms with E-state index in [1.54, 1.807) is 0 Å². The molecule has 8 nitrogen and oxygen atoms in total. The first-order valence-corrected chi connectivity index (χ1v) is 11.0. The number of anilines is 1. The molecule has 1 aliphatic heterocycles. The number of benzene rings is 1. The number of amides is 1. The summed E-state index contributed by atoms with van der Waals surface area (Å²) in [5.74, 6) is -0.436. The largest absolute Gasteiger partial charge is 0.456 e. The molecular formula is C19H26N2O6S. The van der Waals surface area contributed by atoms with Gasteiger partial charge in [-0.2, -0.15) is 4.31 Å². The predicted molar refractivity (Wildman–Crippen MR) is 102 cm³/mol. The van der Waals surface area contributed by atoms with Crippen LogP contribution in [-0.4, -0.2) is 57.5 Å². The fraction of sp³-hybridized carbons (Fsp3) is 0.579. The number of esters is 1. The first kappa shape index (κ1) is 20.8. The van der Waals surface area contributed by atoms with Crippen LogP contribution in [0.1, 0.15) is 32.1 Å². The highest BCUT2D eigenvalue weighted by Gasteiger charge is 2.26. The summed E-state index contributed by atoms with van der Waals surface area (Å²) in [6, 6.07) is 5.94. The lowest BCUT2D eigenvalue weighted by molar-refractivity contribution is -0.148. The minimum atomic E-state index is -3.57. The molecule has 3 rings (SSSR count). The lowest BCUT2D eigenvalue weighted by atomic mass is 10.1. The summed E-state index contributed by atoms with van der Waals surface area (Å²) in [6.45, 7) is 1.07. The second kappa shape index (κ2) is 9.49. The van der Waals surface area contributed by atoms with Crippen molar-refractivity contribution in [3.05, 3.63) is 24.3 Å². The lowest BCUT2D eigenvalue weighted by Crippen LogP contribution is -2.40. The second-order valence-electron chi connectivity index (χ2n) is 7.10. The fourth-order valence-corrected chi connectivity index (χ4v) is 4.91. The highest BCUT2D eigenvalue weighted by Crippen LogP contribution is 2.27. The van der Waals surface area contributed by atoms with Crippen molar-refractivity contribution in [3.8, 4) is 0 Å². The molecule has 1 heterocycles. The summed E-state index contributed by atoms with van der Waals surface area (Å²) in [5.41, 5.74) is 0.442. The van der Waals surface area contributed by atoms with Crippen molar-refractivity contribution in [2.24, 2.45) is 5.92 Å². The molecule has 1 saturated heterocycles. The van der Waals surface area contributed by atoms with Gasteiger partial charge in [0.2, 0.25) is 10.0 Å². The van der Waals surface area contributed by atoms with E-state index in [1.807, 2.05) is 0 Å². The molecule has 1 N–H and O–H groups in total. The van der Waals surface area contributed by atoms with Gasteiger partial charge in [-0.25, -0.2) is 8.42 Å². The van der Waals surface area contributed by atoms with E-state index >= 15 is 0 Å². The lowest BCUT2D eigenvalue weighted by Gasteiger charge is -2.26. The molecule has 1 aromatic rings. The SMILES string of the molecule is O=C(COC(=O)CC1CCCC1)Nc1ccc(S(=O)(=O)N2CCOCC2)cc1. The quantitative estimate of drug-likeness (QED) is 0.688. The molecule has 9 heteroatoms. The Bertz CT molecular complexity index is 781. The molecule has 0 aromatic heterocycles. The van der Waals surface area contributed by atoms with Crippen molar-refractivity contribution < 1.29 is 27.5 Å². The van der Waals surface area contributed by atoms with Crippen LogP contribution < -0.4 is 5.32 Å². The number of nitrogens with zero attached hydrogens (tertiary/aromatic N) is 1. The van der Waals surface area contributed by atoms with Gasteiger partial charge in [-0.1, -0.05) is 12.8 Å². The third kappa shape index (κ3) is 5.52. The van der Waals surface area contributed by atoms with E-state index in [0.29, 0.717) is 44.3 Å². The maximum absolute atomic E-state index is 12.6. The monoisotopic (exact) mass is 410 g/mol. The van der Waals surface area contributed by atoms with Gasteiger partial charge in [0.05, 0.1) is 18.1 Å². The zero-order valence-electron chi connectivity index (χ0n) is 15.8. The molecule has 1 aromatic carbocycles. The number of morpholine rings is 1. The van der Waals surface area contributed by atoms with Crippen molar-refractivity contribution >= 4 is 27.6 Å². The zero-order chi connectivity index (χ0) is 20.0. The Morgan fingerprint density at radius 2 is 1.75 bits per heavy atom. The van der Waals surface area contributed by atoms with Gasteiger partial charge in [0.1, 0.15) is 0 Å². The molecule has 0 spiro atoms. The summed E-state index contributed by atoms with van der Waals surface area (Å²) >= 11 is 0. The van der Waals surface area contributed by atoms with Crippen LogP contribution in [0.2, 0.25) is 0 Å². The molecule has 1 saturated carbocycles. The van der Waals surface area contributed by atoms with Crippen LogP contribution in [0.15, 0.2) is 29.2 Å². The number of carbonyl (C=O) groups excluding carboxylic acids is 2. The molecule has 28 heavy (non-hydrogen) atoms. The van der Waals surface area contributed by atoms with Crippen LogP contribution in [0.25, 0.3) is 0 Å². The Labute approximate surface area is 165 Å². The zero-order valence-corrected chi connectivity index (χ0v) is 16.6. The number of hydrogen-bond donors (Lipinski definition) is 1. The van der Waals surface area contributed by atoms with E-state index in [0.717, 1.165) is 25.7 Å². The standard InChI is InChI=1S/C19H26N2O6S/c22-18(14-27-19(23)13-15-3-1-2-4-15)20-16-5-7-17(8-6-16)28(24,25)21-9-11-26-12-10-21/h5-8,15H,1-4,9-14H2,(H,20,22). The molecule has 154 valence electrons. The van der Waals surface area contributed by atoms with Gasteiger partial charge in [-0.05, 0) is 43.0 Å².